The van der Waals surface area contributed by atoms with Crippen molar-refractivity contribution in [1.29, 1.82) is 0 Å². The quantitative estimate of drug-likeness (QED) is 0.00797. The van der Waals surface area contributed by atoms with Crippen molar-refractivity contribution in [3.05, 3.63) is 36.5 Å². The number of ether oxygens (including phenoxy) is 4. The molecule has 2 aliphatic rings. The Bertz CT molecular complexity index is 1500. The molecule has 0 radical (unpaired) electrons. The molecule has 1 aliphatic carbocycles. The molecule has 408 valence electrons. The summed E-state index contributed by atoms with van der Waals surface area (Å²) in [5, 5.41) is 83.0. The van der Waals surface area contributed by atoms with Crippen molar-refractivity contribution in [3.63, 3.8) is 0 Å². The molecular formula is C51H91O18P. The summed E-state index contributed by atoms with van der Waals surface area (Å²) < 4.78 is 45.3. The van der Waals surface area contributed by atoms with Gasteiger partial charge in [-0.15, -0.1) is 0 Å². The number of rotatable bonds is 40. The van der Waals surface area contributed by atoms with E-state index >= 15 is 0 Å². The first-order valence-corrected chi connectivity index (χ1v) is 27.8. The summed E-state index contributed by atoms with van der Waals surface area (Å²) in [6, 6.07) is 0. The minimum absolute atomic E-state index is 0.0852. The normalized spacial score (nSPS) is 27.6. The smallest absolute Gasteiger partial charge is 0.462 e. The maximum absolute atomic E-state index is 13.4. The molecule has 9 N–H and O–H groups in total. The van der Waals surface area contributed by atoms with Crippen LogP contribution in [-0.2, 0) is 42.1 Å². The van der Waals surface area contributed by atoms with Gasteiger partial charge in [-0.1, -0.05) is 160 Å². The van der Waals surface area contributed by atoms with E-state index in [1.165, 1.54) is 89.5 Å². The summed E-state index contributed by atoms with van der Waals surface area (Å²) >= 11 is 0. The van der Waals surface area contributed by atoms with Crippen molar-refractivity contribution in [2.45, 2.75) is 254 Å². The standard InChI is InChI=1S/C51H91O18P/c1-3-5-7-9-11-13-15-17-19-21-23-25-27-29-31-33-40(53)64-36-38(66-41(54)34-32-30-28-26-24-22-20-18-16-14-12-10-8-6-4-2)37-65-70(62,63)69-50-47(60)45(58)44(57)46(59)49(50)68-51-48(61)43(56)42(55)39(35-52)67-51/h13,15,28,30,32,34,38-39,42-52,55-61H,3-12,14,16-27,29,31,33,35-37H2,1-2H3,(H,62,63). The van der Waals surface area contributed by atoms with Gasteiger partial charge in [-0.25, -0.2) is 9.36 Å². The van der Waals surface area contributed by atoms with Crippen LogP contribution in [0.3, 0.4) is 0 Å². The van der Waals surface area contributed by atoms with Gasteiger partial charge in [0.05, 0.1) is 13.2 Å². The Morgan fingerprint density at radius 1 is 0.571 bits per heavy atom. The van der Waals surface area contributed by atoms with Crippen LogP contribution in [0.5, 0.6) is 0 Å². The van der Waals surface area contributed by atoms with Crippen LogP contribution in [0.1, 0.15) is 181 Å². The third kappa shape index (κ3) is 26.7. The van der Waals surface area contributed by atoms with Gasteiger partial charge >= 0.3 is 19.8 Å². The molecule has 70 heavy (non-hydrogen) atoms. The molecule has 2 rings (SSSR count). The van der Waals surface area contributed by atoms with Crippen molar-refractivity contribution in [2.24, 2.45) is 0 Å². The zero-order chi connectivity index (χ0) is 51.6. The molecule has 13 unspecified atom stereocenters. The van der Waals surface area contributed by atoms with Crippen LogP contribution in [0.2, 0.25) is 0 Å². The molecule has 2 fully saturated rings. The van der Waals surface area contributed by atoms with Crippen LogP contribution >= 0.6 is 7.82 Å². The molecule has 0 aromatic rings. The van der Waals surface area contributed by atoms with Gasteiger partial charge in [-0.05, 0) is 44.9 Å². The Morgan fingerprint density at radius 3 is 1.59 bits per heavy atom. The third-order valence-electron chi connectivity index (χ3n) is 12.7. The largest absolute Gasteiger partial charge is 0.472 e. The molecule has 1 saturated carbocycles. The van der Waals surface area contributed by atoms with Gasteiger partial charge in [0, 0.05) is 12.5 Å². The van der Waals surface area contributed by atoms with Crippen LogP contribution in [0.25, 0.3) is 0 Å². The van der Waals surface area contributed by atoms with E-state index < -0.39 is 113 Å². The van der Waals surface area contributed by atoms with Gasteiger partial charge < -0.3 is 64.7 Å². The first-order valence-electron chi connectivity index (χ1n) is 26.4. The van der Waals surface area contributed by atoms with Gasteiger partial charge in [0.25, 0.3) is 0 Å². The van der Waals surface area contributed by atoms with E-state index in [0.717, 1.165) is 76.7 Å². The summed E-state index contributed by atoms with van der Waals surface area (Å²) in [7, 11) is -5.40. The number of carbonyl (C=O) groups excluding carboxylic acids is 2. The molecule has 1 heterocycles. The highest BCUT2D eigenvalue weighted by atomic mass is 31.2. The lowest BCUT2D eigenvalue weighted by molar-refractivity contribution is -0.338. The number of aliphatic hydroxyl groups is 8. The fourth-order valence-corrected chi connectivity index (χ4v) is 9.28. The average molecular weight is 1020 g/mol. The summed E-state index contributed by atoms with van der Waals surface area (Å²) in [6.45, 7) is 2.11. The number of allylic oxidation sites excluding steroid dienone is 5. The van der Waals surface area contributed by atoms with E-state index in [1.807, 2.05) is 6.08 Å². The molecule has 18 nitrogen and oxygen atoms in total. The Morgan fingerprint density at radius 2 is 1.04 bits per heavy atom. The predicted octanol–water partition coefficient (Wildman–Crippen LogP) is 6.44. The highest BCUT2D eigenvalue weighted by molar-refractivity contribution is 7.47. The number of carbonyl (C=O) groups is 2. The van der Waals surface area contributed by atoms with E-state index in [2.05, 4.69) is 26.0 Å². The summed E-state index contributed by atoms with van der Waals surface area (Å²) in [5.41, 5.74) is 0. The molecule has 19 heteroatoms. The second-order valence-electron chi connectivity index (χ2n) is 18.8. The van der Waals surface area contributed by atoms with Crippen molar-refractivity contribution in [1.82, 2.24) is 0 Å². The molecule has 0 spiro atoms. The second-order valence-corrected chi connectivity index (χ2v) is 20.2. The summed E-state index contributed by atoms with van der Waals surface area (Å²) in [4.78, 5) is 36.4. The maximum Gasteiger partial charge on any atom is 0.472 e. The first-order chi connectivity index (χ1) is 33.7. The lowest BCUT2D eigenvalue weighted by atomic mass is 9.84. The minimum atomic E-state index is -5.40. The summed E-state index contributed by atoms with van der Waals surface area (Å²) in [6.07, 6.45) is 15.7. The van der Waals surface area contributed by atoms with Crippen LogP contribution in [0, 0.1) is 0 Å². The van der Waals surface area contributed by atoms with E-state index in [9.17, 15) is 59.9 Å². The number of hydrogen-bond acceptors (Lipinski definition) is 17. The van der Waals surface area contributed by atoms with Crippen molar-refractivity contribution >= 4 is 19.8 Å². The van der Waals surface area contributed by atoms with E-state index in [-0.39, 0.29) is 6.42 Å². The van der Waals surface area contributed by atoms with Crippen molar-refractivity contribution in [3.8, 4) is 0 Å². The highest BCUT2D eigenvalue weighted by Gasteiger charge is 2.55. The van der Waals surface area contributed by atoms with Gasteiger partial charge in [0.1, 0.15) is 67.6 Å². The number of hydrogen-bond donors (Lipinski definition) is 9. The maximum atomic E-state index is 13.4. The average Bonchev–Trinajstić information content (AvgIpc) is 3.34. The van der Waals surface area contributed by atoms with Crippen LogP contribution < -0.4 is 0 Å². The Labute approximate surface area is 417 Å². The monoisotopic (exact) mass is 1020 g/mol. The molecule has 0 amide bonds. The SMILES string of the molecule is CCCCCCC=CCCCCCCCCCC(=O)OCC(COP(=O)(O)OC1C(O)C(O)C(O)C(O)C1OC1OC(CO)C(O)C(O)C1O)OC(=O)C=CC=CCCCCCCCCCCCCC. The number of aliphatic hydroxyl groups excluding tert-OH is 8. The fourth-order valence-electron chi connectivity index (χ4n) is 8.31. The Kier molecular flexibility index (Phi) is 35.1. The number of unbranched alkanes of at least 4 members (excludes halogenated alkanes) is 22. The van der Waals surface area contributed by atoms with Crippen molar-refractivity contribution in [2.75, 3.05) is 19.8 Å². The molecule has 1 aliphatic heterocycles. The number of phosphoric acid groups is 1. The molecule has 1 saturated heterocycles. The van der Waals surface area contributed by atoms with Gasteiger partial charge in [0.2, 0.25) is 0 Å². The first kappa shape index (κ1) is 64.0. The predicted molar refractivity (Wildman–Crippen MR) is 263 cm³/mol. The fraction of sp³-hybridized carbons (Fsp3) is 0.843. The van der Waals surface area contributed by atoms with Crippen molar-refractivity contribution < 1.29 is 87.9 Å². The van der Waals surface area contributed by atoms with Gasteiger partial charge in [-0.2, -0.15) is 0 Å². The second kappa shape index (κ2) is 38.4. The van der Waals surface area contributed by atoms with Crippen LogP contribution in [-0.4, -0.2) is 151 Å². The third-order valence-corrected chi connectivity index (χ3v) is 13.7. The van der Waals surface area contributed by atoms with Crippen LogP contribution in [0.15, 0.2) is 36.5 Å². The zero-order valence-corrected chi connectivity index (χ0v) is 42.9. The molecular weight excluding hydrogens is 932 g/mol. The van der Waals surface area contributed by atoms with Gasteiger partial charge in [0.15, 0.2) is 12.4 Å². The van der Waals surface area contributed by atoms with E-state index in [1.54, 1.807) is 6.08 Å². The molecule has 0 aromatic carbocycles. The number of esters is 2. The van der Waals surface area contributed by atoms with E-state index in [0.29, 0.717) is 6.42 Å². The lowest BCUT2D eigenvalue weighted by Gasteiger charge is -2.47. The number of phosphoric ester groups is 1. The highest BCUT2D eigenvalue weighted by Crippen LogP contribution is 2.48. The van der Waals surface area contributed by atoms with E-state index in [4.69, 9.17) is 28.0 Å². The Balaban J connectivity index is 1.97. The topological polar surface area (TPSA) is 289 Å². The molecule has 13 atom stereocenters. The summed E-state index contributed by atoms with van der Waals surface area (Å²) in [5.74, 6) is -1.47. The lowest BCUT2D eigenvalue weighted by Crippen LogP contribution is -2.67. The van der Waals surface area contributed by atoms with Crippen LogP contribution in [0.4, 0.5) is 0 Å². The van der Waals surface area contributed by atoms with Gasteiger partial charge in [-0.3, -0.25) is 13.8 Å². The Hall–Kier alpha value is -2.13. The molecule has 0 aromatic heterocycles. The zero-order valence-electron chi connectivity index (χ0n) is 42.0. The minimum Gasteiger partial charge on any atom is -0.462 e. The molecule has 0 bridgehead atoms.